The van der Waals surface area contributed by atoms with Gasteiger partial charge in [-0.15, -0.1) is 11.3 Å². The fraction of sp³-hybridized carbons (Fsp3) is 0.462. The van der Waals surface area contributed by atoms with Crippen LogP contribution < -0.4 is 4.74 Å². The quantitative estimate of drug-likeness (QED) is 0.634. The Kier molecular flexibility index (Phi) is 5.71. The monoisotopic (exact) mass is 313 g/mol. The van der Waals surface area contributed by atoms with Gasteiger partial charge in [0.2, 0.25) is 0 Å². The zero-order chi connectivity index (χ0) is 16.3. The highest BCUT2D eigenvalue weighted by molar-refractivity contribution is 7.16. The summed E-state index contributed by atoms with van der Waals surface area (Å²) >= 11 is 1.58. The number of nitrogens with zero attached hydrogens (tertiary/aromatic N) is 1. The number of fused-ring (bicyclic) bond motifs is 1. The zero-order valence-corrected chi connectivity index (χ0v) is 13.3. The Morgan fingerprint density at radius 2 is 1.71 bits per heavy atom. The van der Waals surface area contributed by atoms with E-state index in [4.69, 9.17) is 19.8 Å². The van der Waals surface area contributed by atoms with Gasteiger partial charge in [0.25, 0.3) is 0 Å². The Hall–Kier alpha value is -1.19. The molecule has 0 radical (unpaired) electrons. The minimum atomic E-state index is -2.17. The highest BCUT2D eigenvalue weighted by Crippen LogP contribution is 2.30. The Balaban J connectivity index is 0.000000491. The van der Waals surface area contributed by atoms with Crippen LogP contribution in [0.4, 0.5) is 0 Å². The van der Waals surface area contributed by atoms with Crippen molar-refractivity contribution in [3.8, 4) is 5.75 Å². The van der Waals surface area contributed by atoms with Crippen LogP contribution in [-0.4, -0.2) is 43.7 Å². The number of benzene rings is 1. The Bertz CT molecular complexity index is 576. The van der Waals surface area contributed by atoms with E-state index in [0.29, 0.717) is 0 Å². The van der Waals surface area contributed by atoms with Crippen LogP contribution >= 0.6 is 11.3 Å². The van der Waals surface area contributed by atoms with Gasteiger partial charge < -0.3 is 24.9 Å². The maximum atomic E-state index is 10.0. The summed E-state index contributed by atoms with van der Waals surface area (Å²) in [6, 6.07) is 5.78. The van der Waals surface area contributed by atoms with Gasteiger partial charge >= 0.3 is 7.32 Å². The van der Waals surface area contributed by atoms with Crippen LogP contribution in [0.15, 0.2) is 23.7 Å². The number of ether oxygens (including phenoxy) is 1. The van der Waals surface area contributed by atoms with Crippen LogP contribution in [0.1, 0.15) is 27.7 Å². The fourth-order valence-corrected chi connectivity index (χ4v) is 2.02. The van der Waals surface area contributed by atoms with Crippen LogP contribution in [0.3, 0.4) is 0 Å². The molecule has 4 N–H and O–H groups in total. The molecule has 0 saturated heterocycles. The highest BCUT2D eigenvalue weighted by atomic mass is 32.1. The molecule has 8 heteroatoms. The van der Waals surface area contributed by atoms with Gasteiger partial charge in [0.1, 0.15) is 11.4 Å². The summed E-state index contributed by atoms with van der Waals surface area (Å²) in [5.41, 5.74) is 1.24. The van der Waals surface area contributed by atoms with Gasteiger partial charge in [-0.2, -0.15) is 0 Å². The van der Waals surface area contributed by atoms with E-state index < -0.39 is 18.5 Å². The molecular formula is C13H20BNO5S. The molecule has 0 spiro atoms. The molecule has 0 bridgehead atoms. The molecule has 2 rings (SSSR count). The van der Waals surface area contributed by atoms with Crippen molar-refractivity contribution < 1.29 is 24.9 Å². The van der Waals surface area contributed by atoms with Gasteiger partial charge in [-0.1, -0.05) is 0 Å². The van der Waals surface area contributed by atoms with E-state index in [1.807, 2.05) is 37.6 Å². The second kappa shape index (κ2) is 6.72. The fourth-order valence-electron chi connectivity index (χ4n) is 1.32. The van der Waals surface area contributed by atoms with Crippen LogP contribution in [0.5, 0.6) is 5.75 Å². The number of thiazole rings is 1. The molecule has 1 aromatic carbocycles. The molecule has 0 aliphatic carbocycles. The third-order valence-electron chi connectivity index (χ3n) is 3.15. The predicted octanol–water partition coefficient (Wildman–Crippen LogP) is 1.17. The van der Waals surface area contributed by atoms with E-state index in [1.165, 1.54) is 0 Å². The molecule has 0 saturated carbocycles. The van der Waals surface area contributed by atoms with E-state index in [2.05, 4.69) is 4.98 Å². The van der Waals surface area contributed by atoms with Gasteiger partial charge in [-0.05, 0) is 45.9 Å². The van der Waals surface area contributed by atoms with Crippen LogP contribution in [-0.2, 0) is 0 Å². The Morgan fingerprint density at radius 1 is 1.14 bits per heavy atom. The lowest BCUT2D eigenvalue weighted by Gasteiger charge is -2.37. The molecule has 0 atom stereocenters. The molecule has 0 aliphatic heterocycles. The molecule has 116 valence electrons. The van der Waals surface area contributed by atoms with Crippen LogP contribution in [0.2, 0.25) is 0 Å². The summed E-state index contributed by atoms with van der Waals surface area (Å²) in [4.78, 5) is 4.22. The molecule has 2 aromatic rings. The van der Waals surface area contributed by atoms with Gasteiger partial charge in [-0.3, -0.25) is 0 Å². The molecule has 1 aromatic heterocycles. The first-order valence-electron chi connectivity index (χ1n) is 6.32. The first-order chi connectivity index (χ1) is 9.53. The first kappa shape index (κ1) is 17.9. The van der Waals surface area contributed by atoms with Crippen LogP contribution in [0, 0.1) is 0 Å². The van der Waals surface area contributed by atoms with Gasteiger partial charge in [0, 0.05) is 0 Å². The Labute approximate surface area is 127 Å². The number of aliphatic hydroxyl groups is 1. The number of rotatable bonds is 3. The zero-order valence-electron chi connectivity index (χ0n) is 12.4. The summed E-state index contributed by atoms with van der Waals surface area (Å²) in [5, 5.41) is 31.5. The van der Waals surface area contributed by atoms with Crippen molar-refractivity contribution in [3.63, 3.8) is 0 Å². The SMILES string of the molecule is CC(C)(O)C(C)(C)Oc1ccc2ncsc2c1.OB(O)O. The number of hydrogen-bond donors (Lipinski definition) is 4. The van der Waals surface area contributed by atoms with E-state index in [-0.39, 0.29) is 0 Å². The minimum absolute atomic E-state index is 0.647. The third-order valence-corrected chi connectivity index (χ3v) is 3.94. The molecule has 21 heavy (non-hydrogen) atoms. The lowest BCUT2D eigenvalue weighted by Crippen LogP contribution is -2.49. The summed E-state index contributed by atoms with van der Waals surface area (Å²) in [6.07, 6.45) is 0. The second-order valence-electron chi connectivity index (χ2n) is 5.50. The van der Waals surface area contributed by atoms with Gasteiger partial charge in [0.15, 0.2) is 0 Å². The third kappa shape index (κ3) is 5.26. The molecule has 0 aliphatic rings. The normalized spacial score (nSPS) is 11.8. The van der Waals surface area contributed by atoms with Crippen molar-refractivity contribution >= 4 is 28.9 Å². The van der Waals surface area contributed by atoms with E-state index in [0.717, 1.165) is 16.0 Å². The minimum Gasteiger partial charge on any atom is -0.485 e. The molecule has 0 fully saturated rings. The number of aromatic nitrogens is 1. The standard InChI is InChI=1S/C13H17NO2S.BH3O3/c1-12(2,15)13(3,4)16-9-5-6-10-11(7-9)17-8-14-10;2-1(3)4/h5-8,15H,1-4H3;2-4H. The average molecular weight is 313 g/mol. The molecule has 1 heterocycles. The molecule has 6 nitrogen and oxygen atoms in total. The van der Waals surface area contributed by atoms with Crippen LogP contribution in [0.25, 0.3) is 10.2 Å². The maximum absolute atomic E-state index is 10.0. The predicted molar refractivity (Wildman–Crippen MR) is 83.0 cm³/mol. The first-order valence-corrected chi connectivity index (χ1v) is 7.20. The topological polar surface area (TPSA) is 103 Å². The maximum Gasteiger partial charge on any atom is 0.631 e. The summed E-state index contributed by atoms with van der Waals surface area (Å²) in [5.74, 6) is 0.758. The average Bonchev–Trinajstić information content (AvgIpc) is 2.73. The summed E-state index contributed by atoms with van der Waals surface area (Å²) in [7, 11) is -2.17. The molecule has 0 unspecified atom stereocenters. The smallest absolute Gasteiger partial charge is 0.485 e. The van der Waals surface area contributed by atoms with Gasteiger partial charge in [0.05, 0.1) is 21.3 Å². The summed E-state index contributed by atoms with van der Waals surface area (Å²) < 4.78 is 6.96. The van der Waals surface area contributed by atoms with E-state index in [9.17, 15) is 5.11 Å². The Morgan fingerprint density at radius 3 is 2.24 bits per heavy atom. The summed E-state index contributed by atoms with van der Waals surface area (Å²) in [6.45, 7) is 7.25. The van der Waals surface area contributed by atoms with Crippen molar-refractivity contribution in [2.75, 3.05) is 0 Å². The van der Waals surface area contributed by atoms with Crippen molar-refractivity contribution in [2.45, 2.75) is 38.9 Å². The molecule has 0 amide bonds. The molecular weight excluding hydrogens is 293 g/mol. The van der Waals surface area contributed by atoms with Crippen molar-refractivity contribution in [3.05, 3.63) is 23.7 Å². The largest absolute Gasteiger partial charge is 0.631 e. The van der Waals surface area contributed by atoms with Gasteiger partial charge in [-0.25, -0.2) is 4.98 Å². The highest BCUT2D eigenvalue weighted by Gasteiger charge is 2.37. The van der Waals surface area contributed by atoms with E-state index >= 15 is 0 Å². The number of hydrogen-bond acceptors (Lipinski definition) is 7. The lowest BCUT2D eigenvalue weighted by atomic mass is 9.89. The lowest BCUT2D eigenvalue weighted by molar-refractivity contribution is -0.0906. The van der Waals surface area contributed by atoms with Crippen molar-refractivity contribution in [1.82, 2.24) is 4.98 Å². The van der Waals surface area contributed by atoms with E-state index in [1.54, 1.807) is 25.2 Å². The second-order valence-corrected chi connectivity index (χ2v) is 6.39. The van der Waals surface area contributed by atoms with Crippen molar-refractivity contribution in [1.29, 1.82) is 0 Å². The van der Waals surface area contributed by atoms with Crippen molar-refractivity contribution in [2.24, 2.45) is 0 Å².